The zero-order valence-electron chi connectivity index (χ0n) is 10.2. The number of carbonyl (C=O) groups is 1. The number of esters is 1. The molecule has 1 aromatic rings. The van der Waals surface area contributed by atoms with E-state index in [1.54, 1.807) is 37.5 Å². The molecule has 0 amide bonds. The van der Waals surface area contributed by atoms with Crippen LogP contribution in [0.5, 0.6) is 11.5 Å². The minimum Gasteiger partial charge on any atom is -0.497 e. The molecule has 0 atom stereocenters. The molecule has 0 aliphatic heterocycles. The van der Waals surface area contributed by atoms with Crippen molar-refractivity contribution >= 4 is 12.0 Å². The zero-order valence-corrected chi connectivity index (χ0v) is 10.2. The zero-order chi connectivity index (χ0) is 13.4. The van der Waals surface area contributed by atoms with E-state index in [-0.39, 0.29) is 6.61 Å². The molecule has 5 heteroatoms. The third-order valence-corrected chi connectivity index (χ3v) is 2.11. The van der Waals surface area contributed by atoms with Crippen molar-refractivity contribution in [1.82, 2.24) is 0 Å². The molecule has 1 aromatic carbocycles. The van der Waals surface area contributed by atoms with Gasteiger partial charge in [-0.3, -0.25) is 0 Å². The van der Waals surface area contributed by atoms with E-state index in [4.69, 9.17) is 14.7 Å². The van der Waals surface area contributed by atoms with E-state index in [0.29, 0.717) is 17.1 Å². The summed E-state index contributed by atoms with van der Waals surface area (Å²) in [6.45, 7) is -0.265. The number of hydrogen-bond acceptors (Lipinski definition) is 5. The Morgan fingerprint density at radius 1 is 1.39 bits per heavy atom. The van der Waals surface area contributed by atoms with Gasteiger partial charge in [0.15, 0.2) is 6.61 Å². The van der Waals surface area contributed by atoms with Crippen molar-refractivity contribution in [3.63, 3.8) is 0 Å². The third-order valence-electron chi connectivity index (χ3n) is 2.11. The Bertz CT molecular complexity index is 488. The van der Waals surface area contributed by atoms with Gasteiger partial charge in [-0.1, -0.05) is 0 Å². The normalized spacial score (nSPS) is 9.83. The van der Waals surface area contributed by atoms with E-state index >= 15 is 0 Å². The van der Waals surface area contributed by atoms with Crippen molar-refractivity contribution < 1.29 is 19.0 Å². The van der Waals surface area contributed by atoms with Gasteiger partial charge in [-0.05, 0) is 24.3 Å². The predicted molar refractivity (Wildman–Crippen MR) is 65.2 cm³/mol. The number of rotatable bonds is 5. The molecule has 0 unspecified atom stereocenters. The molecular weight excluding hydrogens is 234 g/mol. The summed E-state index contributed by atoms with van der Waals surface area (Å²) in [7, 11) is 3.09. The number of methoxy groups -OCH3 is 2. The van der Waals surface area contributed by atoms with Gasteiger partial charge in [0.05, 0.1) is 14.2 Å². The fourth-order valence-corrected chi connectivity index (χ4v) is 1.28. The Labute approximate surface area is 105 Å². The maximum atomic E-state index is 11.2. The number of nitriles is 1. The standard InChI is InChI=1S/C13H13NO4/c1-16-11-4-5-12(17-2)10(9-11)3-6-13(15)18-8-7-14/h3-6,9H,8H2,1-2H3/b6-3+. The lowest BCUT2D eigenvalue weighted by molar-refractivity contribution is -0.136. The topological polar surface area (TPSA) is 68.6 Å². The van der Waals surface area contributed by atoms with Crippen molar-refractivity contribution in [1.29, 1.82) is 5.26 Å². The molecule has 0 spiro atoms. The van der Waals surface area contributed by atoms with E-state index in [2.05, 4.69) is 4.74 Å². The van der Waals surface area contributed by atoms with E-state index in [1.807, 2.05) is 0 Å². The summed E-state index contributed by atoms with van der Waals surface area (Å²) in [5, 5.41) is 8.26. The average molecular weight is 247 g/mol. The summed E-state index contributed by atoms with van der Waals surface area (Å²) >= 11 is 0. The van der Waals surface area contributed by atoms with Gasteiger partial charge >= 0.3 is 5.97 Å². The van der Waals surface area contributed by atoms with E-state index in [1.165, 1.54) is 13.2 Å². The lowest BCUT2D eigenvalue weighted by atomic mass is 10.1. The van der Waals surface area contributed by atoms with Crippen molar-refractivity contribution in [3.8, 4) is 17.6 Å². The van der Waals surface area contributed by atoms with Gasteiger partial charge in [-0.15, -0.1) is 0 Å². The number of nitrogens with zero attached hydrogens (tertiary/aromatic N) is 1. The lowest BCUT2D eigenvalue weighted by Crippen LogP contribution is -2.00. The van der Waals surface area contributed by atoms with Gasteiger partial charge in [0.2, 0.25) is 0 Å². The molecule has 0 N–H and O–H groups in total. The van der Waals surface area contributed by atoms with Crippen LogP contribution in [0.3, 0.4) is 0 Å². The van der Waals surface area contributed by atoms with E-state index in [9.17, 15) is 4.79 Å². The summed E-state index contributed by atoms with van der Waals surface area (Å²) in [6, 6.07) is 6.93. The highest BCUT2D eigenvalue weighted by Crippen LogP contribution is 2.24. The van der Waals surface area contributed by atoms with Crippen molar-refractivity contribution in [2.45, 2.75) is 0 Å². The van der Waals surface area contributed by atoms with Crippen molar-refractivity contribution in [3.05, 3.63) is 29.8 Å². The van der Waals surface area contributed by atoms with Crippen LogP contribution >= 0.6 is 0 Å². The quantitative estimate of drug-likeness (QED) is 0.586. The summed E-state index contributed by atoms with van der Waals surface area (Å²) in [6.07, 6.45) is 2.77. The van der Waals surface area contributed by atoms with Crippen molar-refractivity contribution in [2.75, 3.05) is 20.8 Å². The van der Waals surface area contributed by atoms with Crippen LogP contribution in [0.15, 0.2) is 24.3 Å². The van der Waals surface area contributed by atoms with Crippen LogP contribution in [0.25, 0.3) is 6.08 Å². The Kier molecular flexibility index (Phi) is 5.26. The van der Waals surface area contributed by atoms with Crippen LogP contribution < -0.4 is 9.47 Å². The van der Waals surface area contributed by atoms with E-state index in [0.717, 1.165) is 0 Å². The molecule has 5 nitrogen and oxygen atoms in total. The molecule has 0 aliphatic rings. The van der Waals surface area contributed by atoms with Gasteiger partial charge in [0.1, 0.15) is 17.6 Å². The van der Waals surface area contributed by atoms with Crippen LogP contribution in [0.4, 0.5) is 0 Å². The van der Waals surface area contributed by atoms with Crippen LogP contribution in [0, 0.1) is 11.3 Å². The summed E-state index contributed by atoms with van der Waals surface area (Å²) in [5.74, 6) is 0.683. The highest BCUT2D eigenvalue weighted by atomic mass is 16.5. The van der Waals surface area contributed by atoms with Gasteiger partial charge in [-0.25, -0.2) is 4.79 Å². The molecule has 0 saturated carbocycles. The Morgan fingerprint density at radius 2 is 2.17 bits per heavy atom. The van der Waals surface area contributed by atoms with Crippen LogP contribution in [-0.2, 0) is 9.53 Å². The second-order valence-corrected chi connectivity index (χ2v) is 3.21. The molecule has 94 valence electrons. The summed E-state index contributed by atoms with van der Waals surface area (Å²) < 4.78 is 14.8. The van der Waals surface area contributed by atoms with Gasteiger partial charge in [0, 0.05) is 11.6 Å². The first-order valence-electron chi connectivity index (χ1n) is 5.15. The smallest absolute Gasteiger partial charge is 0.331 e. The van der Waals surface area contributed by atoms with Gasteiger partial charge in [-0.2, -0.15) is 5.26 Å². The maximum Gasteiger partial charge on any atom is 0.331 e. The Balaban J connectivity index is 2.85. The fraction of sp³-hybridized carbons (Fsp3) is 0.231. The Hall–Kier alpha value is -2.48. The molecule has 0 aliphatic carbocycles. The molecule has 1 rings (SSSR count). The largest absolute Gasteiger partial charge is 0.497 e. The number of ether oxygens (including phenoxy) is 3. The molecule has 0 fully saturated rings. The lowest BCUT2D eigenvalue weighted by Gasteiger charge is -2.06. The molecule has 0 radical (unpaired) electrons. The van der Waals surface area contributed by atoms with Crippen LogP contribution in [0.2, 0.25) is 0 Å². The molecule has 0 heterocycles. The molecule has 0 aromatic heterocycles. The minimum absolute atomic E-state index is 0.265. The second-order valence-electron chi connectivity index (χ2n) is 3.21. The number of benzene rings is 1. The highest BCUT2D eigenvalue weighted by Gasteiger charge is 2.03. The first-order chi connectivity index (χ1) is 8.71. The molecule has 0 bridgehead atoms. The van der Waals surface area contributed by atoms with Gasteiger partial charge in [0.25, 0.3) is 0 Å². The first-order valence-corrected chi connectivity index (χ1v) is 5.15. The SMILES string of the molecule is COc1ccc(OC)c(/C=C/C(=O)OCC#N)c1. The third kappa shape index (κ3) is 3.83. The summed E-state index contributed by atoms with van der Waals surface area (Å²) in [4.78, 5) is 11.2. The maximum absolute atomic E-state index is 11.2. The fourth-order valence-electron chi connectivity index (χ4n) is 1.28. The monoisotopic (exact) mass is 247 g/mol. The number of carbonyl (C=O) groups excluding carboxylic acids is 1. The van der Waals surface area contributed by atoms with Crippen molar-refractivity contribution in [2.24, 2.45) is 0 Å². The van der Waals surface area contributed by atoms with Crippen LogP contribution in [-0.4, -0.2) is 26.8 Å². The molecular formula is C13H13NO4. The second kappa shape index (κ2) is 6.97. The molecule has 0 saturated heterocycles. The van der Waals surface area contributed by atoms with Gasteiger partial charge < -0.3 is 14.2 Å². The highest BCUT2D eigenvalue weighted by molar-refractivity contribution is 5.87. The first kappa shape index (κ1) is 13.6. The molecule has 18 heavy (non-hydrogen) atoms. The average Bonchev–Trinajstić information content (AvgIpc) is 2.42. The number of hydrogen-bond donors (Lipinski definition) is 0. The minimum atomic E-state index is -0.582. The summed E-state index contributed by atoms with van der Waals surface area (Å²) in [5.41, 5.74) is 0.686. The van der Waals surface area contributed by atoms with Crippen LogP contribution in [0.1, 0.15) is 5.56 Å². The predicted octanol–water partition coefficient (Wildman–Crippen LogP) is 1.78. The Morgan fingerprint density at radius 3 is 2.78 bits per heavy atom. The van der Waals surface area contributed by atoms with E-state index < -0.39 is 5.97 Å².